The van der Waals surface area contributed by atoms with Crippen LogP contribution in [-0.2, 0) is 6.54 Å². The maximum absolute atomic E-state index is 12.9. The van der Waals surface area contributed by atoms with Gasteiger partial charge in [-0.3, -0.25) is 19.3 Å². The number of nitrogens with zero attached hydrogens (tertiary/aromatic N) is 2. The van der Waals surface area contributed by atoms with Crippen LogP contribution in [0.25, 0.3) is 0 Å². The number of hydrogen-bond donors (Lipinski definition) is 1. The van der Waals surface area contributed by atoms with E-state index >= 15 is 0 Å². The molecule has 6 nitrogen and oxygen atoms in total. The van der Waals surface area contributed by atoms with Gasteiger partial charge in [0.2, 0.25) is 0 Å². The standard InChI is InChI=1S/C23H25N3O3.ClH/c1-16-6-2-3-7-18(16)15-26-22(28)19-9-8-17(14-20(19)23(26)29)21(27)24-10-13-25-11-4-5-12-25;/h2-3,6-9,14H,4-5,10-13,15H2,1H3,(H,24,27);1H. The van der Waals surface area contributed by atoms with Gasteiger partial charge in [-0.05, 0) is 62.2 Å². The number of carbonyl (C=O) groups excluding carboxylic acids is 3. The molecule has 0 bridgehead atoms. The summed E-state index contributed by atoms with van der Waals surface area (Å²) in [6.45, 7) is 5.76. The van der Waals surface area contributed by atoms with Gasteiger partial charge in [0.15, 0.2) is 0 Å². The molecule has 1 saturated heterocycles. The lowest BCUT2D eigenvalue weighted by atomic mass is 10.1. The molecule has 0 aliphatic carbocycles. The van der Waals surface area contributed by atoms with Crippen molar-refractivity contribution >= 4 is 30.1 Å². The summed E-state index contributed by atoms with van der Waals surface area (Å²) < 4.78 is 0. The summed E-state index contributed by atoms with van der Waals surface area (Å²) >= 11 is 0. The molecule has 4 rings (SSSR count). The second-order valence-corrected chi connectivity index (χ2v) is 7.69. The predicted octanol–water partition coefficient (Wildman–Crippen LogP) is 3.04. The lowest BCUT2D eigenvalue weighted by Gasteiger charge is -2.15. The highest BCUT2D eigenvalue weighted by Crippen LogP contribution is 2.26. The van der Waals surface area contributed by atoms with Crippen LogP contribution < -0.4 is 5.32 Å². The zero-order valence-electron chi connectivity index (χ0n) is 17.0. The van der Waals surface area contributed by atoms with Gasteiger partial charge in [0.05, 0.1) is 17.7 Å². The Kier molecular flexibility index (Phi) is 6.90. The number of aryl methyl sites for hydroxylation is 1. The van der Waals surface area contributed by atoms with Crippen LogP contribution >= 0.6 is 12.4 Å². The van der Waals surface area contributed by atoms with Gasteiger partial charge < -0.3 is 10.2 Å². The highest BCUT2D eigenvalue weighted by molar-refractivity contribution is 6.22. The number of benzene rings is 2. The molecule has 1 N–H and O–H groups in total. The molecule has 0 atom stereocenters. The molecule has 0 unspecified atom stereocenters. The Hall–Kier alpha value is -2.70. The largest absolute Gasteiger partial charge is 0.351 e. The smallest absolute Gasteiger partial charge is 0.261 e. The molecular weight excluding hydrogens is 402 g/mol. The minimum absolute atomic E-state index is 0. The van der Waals surface area contributed by atoms with E-state index in [0.717, 1.165) is 30.8 Å². The summed E-state index contributed by atoms with van der Waals surface area (Å²) in [5.41, 5.74) is 3.03. The Bertz CT molecular complexity index is 970. The third-order valence-corrected chi connectivity index (χ3v) is 5.73. The van der Waals surface area contributed by atoms with Crippen molar-refractivity contribution in [3.63, 3.8) is 0 Å². The molecule has 0 aromatic heterocycles. The number of hydrogen-bond acceptors (Lipinski definition) is 4. The Morgan fingerprint density at radius 2 is 1.70 bits per heavy atom. The molecule has 1 fully saturated rings. The predicted molar refractivity (Wildman–Crippen MR) is 117 cm³/mol. The first-order chi connectivity index (χ1) is 14.0. The number of imide groups is 1. The number of halogens is 1. The Balaban J connectivity index is 0.00000256. The van der Waals surface area contributed by atoms with Crippen molar-refractivity contribution in [3.05, 3.63) is 70.3 Å². The molecule has 3 amide bonds. The van der Waals surface area contributed by atoms with Crippen LogP contribution in [-0.4, -0.2) is 53.7 Å². The molecule has 2 heterocycles. The number of rotatable bonds is 6. The first-order valence-electron chi connectivity index (χ1n) is 10.1. The summed E-state index contributed by atoms with van der Waals surface area (Å²) in [6.07, 6.45) is 2.43. The maximum Gasteiger partial charge on any atom is 0.261 e. The maximum atomic E-state index is 12.9. The number of amides is 3. The molecule has 0 spiro atoms. The fourth-order valence-electron chi connectivity index (χ4n) is 3.97. The van der Waals surface area contributed by atoms with Gasteiger partial charge in [0.25, 0.3) is 17.7 Å². The van der Waals surface area contributed by atoms with Gasteiger partial charge in [-0.1, -0.05) is 24.3 Å². The molecule has 158 valence electrons. The average molecular weight is 428 g/mol. The number of fused-ring (bicyclic) bond motifs is 1. The third-order valence-electron chi connectivity index (χ3n) is 5.73. The zero-order chi connectivity index (χ0) is 20.4. The average Bonchev–Trinajstić information content (AvgIpc) is 3.32. The molecule has 30 heavy (non-hydrogen) atoms. The van der Waals surface area contributed by atoms with Gasteiger partial charge in [-0.2, -0.15) is 0 Å². The second kappa shape index (κ2) is 9.41. The SMILES string of the molecule is Cc1ccccc1CN1C(=O)c2ccc(C(=O)NCCN3CCCC3)cc2C1=O.Cl. The summed E-state index contributed by atoms with van der Waals surface area (Å²) in [5.74, 6) is -0.876. The van der Waals surface area contributed by atoms with Crippen molar-refractivity contribution < 1.29 is 14.4 Å². The first-order valence-corrected chi connectivity index (χ1v) is 10.1. The number of likely N-dealkylation sites (tertiary alicyclic amines) is 1. The monoisotopic (exact) mass is 427 g/mol. The number of nitrogens with one attached hydrogen (secondary N) is 1. The van der Waals surface area contributed by atoms with Gasteiger partial charge in [-0.15, -0.1) is 12.4 Å². The minimum atomic E-state index is -0.347. The molecule has 2 aromatic carbocycles. The van der Waals surface area contributed by atoms with Crippen molar-refractivity contribution in [2.45, 2.75) is 26.3 Å². The topological polar surface area (TPSA) is 69.7 Å². The molecule has 2 aliphatic rings. The van der Waals surface area contributed by atoms with Crippen LogP contribution in [0.2, 0.25) is 0 Å². The quantitative estimate of drug-likeness (QED) is 0.719. The van der Waals surface area contributed by atoms with E-state index in [-0.39, 0.29) is 36.7 Å². The van der Waals surface area contributed by atoms with Gasteiger partial charge in [0.1, 0.15) is 0 Å². The van der Waals surface area contributed by atoms with Crippen molar-refractivity contribution in [1.29, 1.82) is 0 Å². The molecule has 2 aromatic rings. The Labute approximate surface area is 182 Å². The highest BCUT2D eigenvalue weighted by Gasteiger charge is 2.36. The van der Waals surface area contributed by atoms with E-state index in [1.807, 2.05) is 31.2 Å². The van der Waals surface area contributed by atoms with Crippen molar-refractivity contribution in [2.24, 2.45) is 0 Å². The summed E-state index contributed by atoms with van der Waals surface area (Å²) in [6, 6.07) is 12.4. The van der Waals surface area contributed by atoms with Crippen LogP contribution in [0, 0.1) is 6.92 Å². The molecule has 7 heteroatoms. The molecule has 2 aliphatic heterocycles. The van der Waals surface area contributed by atoms with E-state index < -0.39 is 0 Å². The van der Waals surface area contributed by atoms with Gasteiger partial charge in [0, 0.05) is 18.7 Å². The normalized spacial score (nSPS) is 15.8. The molecular formula is C23H26ClN3O3. The minimum Gasteiger partial charge on any atom is -0.351 e. The molecule has 0 saturated carbocycles. The van der Waals surface area contributed by atoms with Crippen LogP contribution in [0.3, 0.4) is 0 Å². The summed E-state index contributed by atoms with van der Waals surface area (Å²) in [5, 5.41) is 2.91. The highest BCUT2D eigenvalue weighted by atomic mass is 35.5. The zero-order valence-corrected chi connectivity index (χ0v) is 17.8. The van der Waals surface area contributed by atoms with Gasteiger partial charge in [-0.25, -0.2) is 0 Å². The van der Waals surface area contributed by atoms with Crippen LogP contribution in [0.4, 0.5) is 0 Å². The molecule has 0 radical (unpaired) electrons. The van der Waals surface area contributed by atoms with Crippen molar-refractivity contribution in [2.75, 3.05) is 26.2 Å². The van der Waals surface area contributed by atoms with E-state index in [0.29, 0.717) is 23.2 Å². The van der Waals surface area contributed by atoms with E-state index in [4.69, 9.17) is 0 Å². The summed E-state index contributed by atoms with van der Waals surface area (Å²) in [7, 11) is 0. The van der Waals surface area contributed by atoms with Crippen LogP contribution in [0.1, 0.15) is 55.0 Å². The van der Waals surface area contributed by atoms with E-state index in [2.05, 4.69) is 10.2 Å². The fourth-order valence-corrected chi connectivity index (χ4v) is 3.97. The van der Waals surface area contributed by atoms with Crippen molar-refractivity contribution in [1.82, 2.24) is 15.1 Å². The second-order valence-electron chi connectivity index (χ2n) is 7.69. The summed E-state index contributed by atoms with van der Waals surface area (Å²) in [4.78, 5) is 41.6. The van der Waals surface area contributed by atoms with Crippen LogP contribution in [0.15, 0.2) is 42.5 Å². The van der Waals surface area contributed by atoms with Gasteiger partial charge >= 0.3 is 0 Å². The number of carbonyl (C=O) groups is 3. The van der Waals surface area contributed by atoms with E-state index in [9.17, 15) is 14.4 Å². The lowest BCUT2D eigenvalue weighted by molar-refractivity contribution is 0.0642. The van der Waals surface area contributed by atoms with Crippen LogP contribution in [0.5, 0.6) is 0 Å². The first kappa shape index (κ1) is 22.0. The van der Waals surface area contributed by atoms with E-state index in [1.165, 1.54) is 17.7 Å². The fraction of sp³-hybridized carbons (Fsp3) is 0.348. The van der Waals surface area contributed by atoms with Crippen molar-refractivity contribution in [3.8, 4) is 0 Å². The van der Waals surface area contributed by atoms with E-state index in [1.54, 1.807) is 18.2 Å². The Morgan fingerprint density at radius 3 is 2.43 bits per heavy atom. The Morgan fingerprint density at radius 1 is 1.00 bits per heavy atom. The third kappa shape index (κ3) is 4.40. The lowest BCUT2D eigenvalue weighted by Crippen LogP contribution is -2.33.